The van der Waals surface area contributed by atoms with Gasteiger partial charge >= 0.3 is 0 Å². The molecule has 0 aliphatic heterocycles. The van der Waals surface area contributed by atoms with Crippen molar-refractivity contribution in [1.29, 1.82) is 0 Å². The van der Waals surface area contributed by atoms with Crippen LogP contribution in [0.1, 0.15) is 12.5 Å². The second-order valence-electron chi connectivity index (χ2n) is 3.35. The van der Waals surface area contributed by atoms with Crippen LogP contribution in [0.4, 0.5) is 0 Å². The van der Waals surface area contributed by atoms with Crippen molar-refractivity contribution in [2.45, 2.75) is 13.5 Å². The number of hydrogen-bond acceptors (Lipinski definition) is 2. The maximum absolute atomic E-state index is 11.6. The fraction of sp³-hybridized carbons (Fsp3) is 0.250. The third kappa shape index (κ3) is 2.07. The van der Waals surface area contributed by atoms with Gasteiger partial charge in [0.1, 0.15) is 0 Å². The topological polar surface area (TPSA) is 42.1 Å². The molecule has 0 radical (unpaired) electrons. The number of nitrogens with one attached hydrogen (secondary N) is 1. The van der Waals surface area contributed by atoms with E-state index in [2.05, 4.69) is 4.98 Å². The van der Waals surface area contributed by atoms with E-state index in [4.69, 9.17) is 4.74 Å². The Kier molecular flexibility index (Phi) is 2.83. The molecule has 1 aromatic carbocycles. The first-order valence-electron chi connectivity index (χ1n) is 5.00. The molecule has 0 aliphatic carbocycles. The Bertz CT molecular complexity index is 516. The van der Waals surface area contributed by atoms with Gasteiger partial charge in [0.15, 0.2) is 0 Å². The fourth-order valence-electron chi connectivity index (χ4n) is 1.51. The Morgan fingerprint density at radius 2 is 2.13 bits per heavy atom. The average Bonchev–Trinajstić information content (AvgIpc) is 2.26. The van der Waals surface area contributed by atoms with Gasteiger partial charge in [-0.1, -0.05) is 18.2 Å². The fourth-order valence-corrected chi connectivity index (χ4v) is 1.51. The average molecular weight is 203 g/mol. The molecule has 2 rings (SSSR count). The van der Waals surface area contributed by atoms with Gasteiger partial charge < -0.3 is 9.72 Å². The van der Waals surface area contributed by atoms with E-state index in [-0.39, 0.29) is 5.56 Å². The molecular formula is C12H13NO2. The van der Waals surface area contributed by atoms with Crippen molar-refractivity contribution in [3.05, 3.63) is 46.2 Å². The van der Waals surface area contributed by atoms with Gasteiger partial charge in [-0.15, -0.1) is 0 Å². The van der Waals surface area contributed by atoms with Gasteiger partial charge in [-0.25, -0.2) is 0 Å². The minimum atomic E-state index is -0.0675. The van der Waals surface area contributed by atoms with E-state index in [9.17, 15) is 4.79 Å². The highest BCUT2D eigenvalue weighted by Crippen LogP contribution is 2.10. The van der Waals surface area contributed by atoms with Crippen LogP contribution in [0, 0.1) is 0 Å². The first-order valence-corrected chi connectivity index (χ1v) is 5.00. The zero-order chi connectivity index (χ0) is 10.7. The van der Waals surface area contributed by atoms with Gasteiger partial charge in [-0.2, -0.15) is 0 Å². The zero-order valence-corrected chi connectivity index (χ0v) is 8.62. The van der Waals surface area contributed by atoms with E-state index >= 15 is 0 Å². The minimum Gasteiger partial charge on any atom is -0.377 e. The maximum Gasteiger partial charge on any atom is 0.253 e. The molecule has 1 heterocycles. The van der Waals surface area contributed by atoms with E-state index in [1.165, 1.54) is 0 Å². The second-order valence-corrected chi connectivity index (χ2v) is 3.35. The summed E-state index contributed by atoms with van der Waals surface area (Å²) in [7, 11) is 0. The number of H-pyrrole nitrogens is 1. The third-order valence-electron chi connectivity index (χ3n) is 2.29. The first kappa shape index (κ1) is 9.93. The number of benzene rings is 1. The predicted molar refractivity (Wildman–Crippen MR) is 59.9 cm³/mol. The van der Waals surface area contributed by atoms with E-state index in [0.29, 0.717) is 18.8 Å². The Balaban J connectivity index is 2.48. The number of rotatable bonds is 3. The normalized spacial score (nSPS) is 10.7. The molecule has 3 nitrogen and oxygen atoms in total. The highest BCUT2D eigenvalue weighted by atomic mass is 16.5. The lowest BCUT2D eigenvalue weighted by molar-refractivity contribution is 0.133. The van der Waals surface area contributed by atoms with Crippen LogP contribution in [-0.4, -0.2) is 11.6 Å². The van der Waals surface area contributed by atoms with Crippen molar-refractivity contribution in [2.24, 2.45) is 0 Å². The maximum atomic E-state index is 11.6. The van der Waals surface area contributed by atoms with Crippen molar-refractivity contribution >= 4 is 10.9 Å². The molecule has 2 aromatic rings. The van der Waals surface area contributed by atoms with Crippen LogP contribution in [0.3, 0.4) is 0 Å². The molecule has 0 atom stereocenters. The van der Waals surface area contributed by atoms with Crippen molar-refractivity contribution < 1.29 is 4.74 Å². The Morgan fingerprint density at radius 1 is 1.33 bits per heavy atom. The highest BCUT2D eigenvalue weighted by Gasteiger charge is 2.01. The van der Waals surface area contributed by atoms with Gasteiger partial charge in [0.2, 0.25) is 0 Å². The lowest BCUT2D eigenvalue weighted by Gasteiger charge is -2.02. The number of pyridine rings is 1. The molecule has 78 valence electrons. The molecule has 3 heteroatoms. The number of hydrogen-bond donors (Lipinski definition) is 1. The molecule has 1 aromatic heterocycles. The SMILES string of the molecule is CCOCc1cc2ccccc2[nH]c1=O. The lowest BCUT2D eigenvalue weighted by atomic mass is 10.2. The number of fused-ring (bicyclic) bond motifs is 1. The van der Waals surface area contributed by atoms with Crippen LogP contribution in [0.2, 0.25) is 0 Å². The molecular weight excluding hydrogens is 190 g/mol. The van der Waals surface area contributed by atoms with E-state index in [0.717, 1.165) is 10.9 Å². The number of aromatic amines is 1. The van der Waals surface area contributed by atoms with Gasteiger partial charge in [0.05, 0.1) is 6.61 Å². The summed E-state index contributed by atoms with van der Waals surface area (Å²) in [5.41, 5.74) is 1.47. The summed E-state index contributed by atoms with van der Waals surface area (Å²) in [6, 6.07) is 9.59. The van der Waals surface area contributed by atoms with Crippen LogP contribution in [0.25, 0.3) is 10.9 Å². The summed E-state index contributed by atoms with van der Waals surface area (Å²) in [6.07, 6.45) is 0. The summed E-state index contributed by atoms with van der Waals surface area (Å²) < 4.78 is 5.23. The summed E-state index contributed by atoms with van der Waals surface area (Å²) in [4.78, 5) is 14.4. The molecule has 0 aliphatic rings. The summed E-state index contributed by atoms with van der Waals surface area (Å²) >= 11 is 0. The molecule has 1 N–H and O–H groups in total. The van der Waals surface area contributed by atoms with Crippen molar-refractivity contribution in [3.63, 3.8) is 0 Å². The van der Waals surface area contributed by atoms with Gasteiger partial charge in [0.25, 0.3) is 5.56 Å². The summed E-state index contributed by atoms with van der Waals surface area (Å²) in [5, 5.41) is 1.03. The monoisotopic (exact) mass is 203 g/mol. The van der Waals surface area contributed by atoms with Crippen LogP contribution in [0.15, 0.2) is 35.1 Å². The number of para-hydroxylation sites is 1. The van der Waals surface area contributed by atoms with Gasteiger partial charge in [-0.3, -0.25) is 4.79 Å². The summed E-state index contributed by atoms with van der Waals surface area (Å²) in [5.74, 6) is 0. The largest absolute Gasteiger partial charge is 0.377 e. The van der Waals surface area contributed by atoms with Crippen molar-refractivity contribution in [3.8, 4) is 0 Å². The third-order valence-corrected chi connectivity index (χ3v) is 2.29. The Hall–Kier alpha value is -1.61. The molecule has 0 spiro atoms. The van der Waals surface area contributed by atoms with Gasteiger partial charge in [0, 0.05) is 17.7 Å². The zero-order valence-electron chi connectivity index (χ0n) is 8.62. The van der Waals surface area contributed by atoms with Gasteiger partial charge in [-0.05, 0) is 24.4 Å². The van der Waals surface area contributed by atoms with Crippen LogP contribution < -0.4 is 5.56 Å². The predicted octanol–water partition coefficient (Wildman–Crippen LogP) is 2.06. The van der Waals surface area contributed by atoms with E-state index < -0.39 is 0 Å². The van der Waals surface area contributed by atoms with E-state index in [1.807, 2.05) is 37.3 Å². The van der Waals surface area contributed by atoms with Crippen LogP contribution in [0.5, 0.6) is 0 Å². The second kappa shape index (κ2) is 4.28. The van der Waals surface area contributed by atoms with Crippen molar-refractivity contribution in [1.82, 2.24) is 4.98 Å². The lowest BCUT2D eigenvalue weighted by Crippen LogP contribution is -2.13. The quantitative estimate of drug-likeness (QED) is 0.829. The van der Waals surface area contributed by atoms with Crippen LogP contribution >= 0.6 is 0 Å². The number of ether oxygens (including phenoxy) is 1. The van der Waals surface area contributed by atoms with Crippen molar-refractivity contribution in [2.75, 3.05) is 6.61 Å². The standard InChI is InChI=1S/C12H13NO2/c1-2-15-8-10-7-9-5-3-4-6-11(9)13-12(10)14/h3-7H,2,8H2,1H3,(H,13,14). The molecule has 0 unspecified atom stereocenters. The summed E-state index contributed by atoms with van der Waals surface area (Å²) in [6.45, 7) is 2.90. The molecule has 0 amide bonds. The molecule has 0 fully saturated rings. The Morgan fingerprint density at radius 3 is 2.93 bits per heavy atom. The smallest absolute Gasteiger partial charge is 0.253 e. The van der Waals surface area contributed by atoms with Crippen LogP contribution in [-0.2, 0) is 11.3 Å². The highest BCUT2D eigenvalue weighted by molar-refractivity contribution is 5.78. The Labute approximate surface area is 87.7 Å². The minimum absolute atomic E-state index is 0.0675. The number of aromatic nitrogens is 1. The van der Waals surface area contributed by atoms with E-state index in [1.54, 1.807) is 0 Å². The molecule has 0 saturated heterocycles. The molecule has 0 bridgehead atoms. The molecule has 0 saturated carbocycles. The molecule has 15 heavy (non-hydrogen) atoms. The first-order chi connectivity index (χ1) is 7.31.